The highest BCUT2D eigenvalue weighted by Crippen LogP contribution is 2.18. The van der Waals surface area contributed by atoms with Gasteiger partial charge in [-0.3, -0.25) is 14.9 Å². The second kappa shape index (κ2) is 10.4. The van der Waals surface area contributed by atoms with Gasteiger partial charge in [-0.25, -0.2) is 4.79 Å². The van der Waals surface area contributed by atoms with Gasteiger partial charge in [0.15, 0.2) is 0 Å². The van der Waals surface area contributed by atoms with E-state index in [0.29, 0.717) is 29.0 Å². The highest BCUT2D eigenvalue weighted by Gasteiger charge is 2.18. The summed E-state index contributed by atoms with van der Waals surface area (Å²) in [5, 5.41) is 8.20. The van der Waals surface area contributed by atoms with Crippen molar-refractivity contribution >= 4 is 29.3 Å². The summed E-state index contributed by atoms with van der Waals surface area (Å²) < 4.78 is 10.3. The number of hydrogen-bond donors (Lipinski definition) is 3. The Bertz CT molecular complexity index is 892. The molecule has 8 heteroatoms. The Morgan fingerprint density at radius 1 is 1.03 bits per heavy atom. The van der Waals surface area contributed by atoms with Crippen LogP contribution in [0.3, 0.4) is 0 Å². The van der Waals surface area contributed by atoms with Gasteiger partial charge in [-0.05, 0) is 56.2 Å². The molecule has 2 aromatic carbocycles. The van der Waals surface area contributed by atoms with Crippen molar-refractivity contribution in [1.82, 2.24) is 5.32 Å². The maximum atomic E-state index is 12.6. The molecule has 2 aromatic rings. The highest BCUT2D eigenvalue weighted by atomic mass is 16.5. The lowest BCUT2D eigenvalue weighted by atomic mass is 10.1. The number of ether oxygens (including phenoxy) is 2. The van der Waals surface area contributed by atoms with Crippen molar-refractivity contribution in [2.45, 2.75) is 25.9 Å². The standard InChI is InChI=1S/C22H25N3O5/c1-2-29-22(28)24-16-11-9-15(10-12-16)20(26)25-19-8-4-3-7-18(19)21(27)23-14-17-6-5-13-30-17/h3-4,7-12,17H,2,5-6,13-14H2,1H3,(H,23,27)(H,24,28)(H,25,26). The molecule has 1 atom stereocenters. The molecule has 3 amide bonds. The number of benzene rings is 2. The summed E-state index contributed by atoms with van der Waals surface area (Å²) in [6, 6.07) is 13.2. The van der Waals surface area contributed by atoms with Crippen molar-refractivity contribution < 1.29 is 23.9 Å². The zero-order valence-electron chi connectivity index (χ0n) is 16.8. The quantitative estimate of drug-likeness (QED) is 0.647. The smallest absolute Gasteiger partial charge is 0.411 e. The molecule has 1 aliphatic heterocycles. The molecule has 0 bridgehead atoms. The van der Waals surface area contributed by atoms with E-state index in [0.717, 1.165) is 19.4 Å². The van der Waals surface area contributed by atoms with Crippen molar-refractivity contribution in [2.75, 3.05) is 30.4 Å². The van der Waals surface area contributed by atoms with Crippen LogP contribution < -0.4 is 16.0 Å². The summed E-state index contributed by atoms with van der Waals surface area (Å²) in [5.74, 6) is -0.632. The van der Waals surface area contributed by atoms with Crippen molar-refractivity contribution in [3.63, 3.8) is 0 Å². The first-order valence-corrected chi connectivity index (χ1v) is 9.91. The summed E-state index contributed by atoms with van der Waals surface area (Å²) in [6.07, 6.45) is 1.41. The number of para-hydroxylation sites is 1. The van der Waals surface area contributed by atoms with Gasteiger partial charge >= 0.3 is 6.09 Å². The first kappa shape index (κ1) is 21.3. The average molecular weight is 411 g/mol. The van der Waals surface area contributed by atoms with Crippen LogP contribution >= 0.6 is 0 Å². The first-order chi connectivity index (χ1) is 14.6. The molecule has 1 aliphatic rings. The van der Waals surface area contributed by atoms with Gasteiger partial charge in [0.25, 0.3) is 11.8 Å². The minimum atomic E-state index is -0.558. The van der Waals surface area contributed by atoms with E-state index in [1.807, 2.05) is 0 Å². The van der Waals surface area contributed by atoms with Crippen molar-refractivity contribution in [1.29, 1.82) is 0 Å². The molecule has 3 N–H and O–H groups in total. The average Bonchev–Trinajstić information content (AvgIpc) is 3.27. The Hall–Kier alpha value is -3.39. The van der Waals surface area contributed by atoms with Crippen LogP contribution in [0.5, 0.6) is 0 Å². The summed E-state index contributed by atoms with van der Waals surface area (Å²) >= 11 is 0. The molecule has 0 aromatic heterocycles. The van der Waals surface area contributed by atoms with Crippen LogP contribution in [-0.4, -0.2) is 43.8 Å². The lowest BCUT2D eigenvalue weighted by molar-refractivity contribution is 0.0858. The minimum absolute atomic E-state index is 0.0393. The Morgan fingerprint density at radius 2 is 1.80 bits per heavy atom. The molecule has 0 aliphatic carbocycles. The van der Waals surface area contributed by atoms with Gasteiger partial charge in [-0.2, -0.15) is 0 Å². The van der Waals surface area contributed by atoms with Crippen LogP contribution in [0.1, 0.15) is 40.5 Å². The van der Waals surface area contributed by atoms with E-state index in [4.69, 9.17) is 9.47 Å². The SMILES string of the molecule is CCOC(=O)Nc1ccc(C(=O)Nc2ccccc2C(=O)NCC2CCCO2)cc1. The molecule has 3 rings (SSSR count). The molecule has 8 nitrogen and oxygen atoms in total. The van der Waals surface area contributed by atoms with Crippen LogP contribution in [0.4, 0.5) is 16.2 Å². The lowest BCUT2D eigenvalue weighted by Crippen LogP contribution is -2.32. The molecule has 30 heavy (non-hydrogen) atoms. The molecule has 1 heterocycles. The number of amides is 3. The number of anilines is 2. The number of rotatable bonds is 7. The second-order valence-corrected chi connectivity index (χ2v) is 6.77. The van der Waals surface area contributed by atoms with Gasteiger partial charge in [0.05, 0.1) is 24.0 Å². The third kappa shape index (κ3) is 5.81. The zero-order valence-corrected chi connectivity index (χ0v) is 16.8. The summed E-state index contributed by atoms with van der Waals surface area (Å²) in [6.45, 7) is 3.15. The van der Waals surface area contributed by atoms with E-state index in [9.17, 15) is 14.4 Å². The molecule has 0 radical (unpaired) electrons. The van der Waals surface area contributed by atoms with Crippen molar-refractivity contribution in [2.24, 2.45) is 0 Å². The normalized spacial score (nSPS) is 15.3. The topological polar surface area (TPSA) is 106 Å². The van der Waals surface area contributed by atoms with E-state index in [-0.39, 0.29) is 24.5 Å². The fourth-order valence-electron chi connectivity index (χ4n) is 3.08. The highest BCUT2D eigenvalue weighted by molar-refractivity contribution is 6.09. The van der Waals surface area contributed by atoms with Crippen LogP contribution in [0, 0.1) is 0 Å². The largest absolute Gasteiger partial charge is 0.450 e. The minimum Gasteiger partial charge on any atom is -0.450 e. The Balaban J connectivity index is 1.62. The van der Waals surface area contributed by atoms with E-state index in [1.54, 1.807) is 55.5 Å². The summed E-state index contributed by atoms with van der Waals surface area (Å²) in [7, 11) is 0. The molecule has 0 saturated carbocycles. The van der Waals surface area contributed by atoms with Crippen LogP contribution in [-0.2, 0) is 9.47 Å². The lowest BCUT2D eigenvalue weighted by Gasteiger charge is -2.14. The second-order valence-electron chi connectivity index (χ2n) is 6.77. The van der Waals surface area contributed by atoms with Crippen molar-refractivity contribution in [3.05, 3.63) is 59.7 Å². The molecule has 0 spiro atoms. The monoisotopic (exact) mass is 411 g/mol. The Kier molecular flexibility index (Phi) is 7.40. The van der Waals surface area contributed by atoms with E-state index in [2.05, 4.69) is 16.0 Å². The van der Waals surface area contributed by atoms with Gasteiger partial charge in [0.2, 0.25) is 0 Å². The number of nitrogens with one attached hydrogen (secondary N) is 3. The Labute approximate surface area is 174 Å². The van der Waals surface area contributed by atoms with E-state index >= 15 is 0 Å². The first-order valence-electron chi connectivity index (χ1n) is 9.91. The maximum Gasteiger partial charge on any atom is 0.411 e. The molecule has 1 unspecified atom stereocenters. The fraction of sp³-hybridized carbons (Fsp3) is 0.318. The molecular formula is C22H25N3O5. The number of carbonyl (C=O) groups is 3. The van der Waals surface area contributed by atoms with Gasteiger partial charge in [0, 0.05) is 24.4 Å². The van der Waals surface area contributed by atoms with Crippen LogP contribution in [0.2, 0.25) is 0 Å². The molecule has 1 saturated heterocycles. The number of carbonyl (C=O) groups excluding carboxylic acids is 3. The number of hydrogen-bond acceptors (Lipinski definition) is 5. The predicted molar refractivity (Wildman–Crippen MR) is 113 cm³/mol. The van der Waals surface area contributed by atoms with Gasteiger partial charge in [-0.15, -0.1) is 0 Å². The van der Waals surface area contributed by atoms with Crippen LogP contribution in [0.25, 0.3) is 0 Å². The predicted octanol–water partition coefficient (Wildman–Crippen LogP) is 3.42. The third-order valence-corrected chi connectivity index (χ3v) is 4.60. The molecule has 1 fully saturated rings. The molecule has 158 valence electrons. The van der Waals surface area contributed by atoms with Crippen molar-refractivity contribution in [3.8, 4) is 0 Å². The Morgan fingerprint density at radius 3 is 2.50 bits per heavy atom. The third-order valence-electron chi connectivity index (χ3n) is 4.60. The van der Waals surface area contributed by atoms with E-state index in [1.165, 1.54) is 0 Å². The summed E-state index contributed by atoms with van der Waals surface area (Å²) in [5.41, 5.74) is 1.70. The molecular weight excluding hydrogens is 386 g/mol. The van der Waals surface area contributed by atoms with E-state index < -0.39 is 6.09 Å². The summed E-state index contributed by atoms with van der Waals surface area (Å²) in [4.78, 5) is 36.6. The fourth-order valence-corrected chi connectivity index (χ4v) is 3.08. The maximum absolute atomic E-state index is 12.6. The van der Waals surface area contributed by atoms with Gasteiger partial charge < -0.3 is 20.1 Å². The zero-order chi connectivity index (χ0) is 21.3. The van der Waals surface area contributed by atoms with Crippen LogP contribution in [0.15, 0.2) is 48.5 Å². The van der Waals surface area contributed by atoms with Gasteiger partial charge in [0.1, 0.15) is 0 Å². The van der Waals surface area contributed by atoms with Gasteiger partial charge in [-0.1, -0.05) is 12.1 Å².